The van der Waals surface area contributed by atoms with E-state index >= 15 is 0 Å². The van der Waals surface area contributed by atoms with Crippen LogP contribution in [0, 0.1) is 5.82 Å². The number of nitrogens with one attached hydrogen (secondary N) is 1. The van der Waals surface area contributed by atoms with Gasteiger partial charge in [0, 0.05) is 12.1 Å². The lowest BCUT2D eigenvalue weighted by molar-refractivity contribution is 0.627. The standard InChI is InChI=1S/C10H10FNS2.C3H7NS.C3H9N.C2H6/c11-9-4-2-8(3-5-9)10(14)12-6-1-7-13;4-2-1-3-5;1-2-3-4;1-2/h2-5,7H,1,6H2,(H,12,14);3H,1-2,4H2;2-4H2,1H3;1-2H3. The molecule has 1 rings (SSSR count). The molecule has 3 nitrogen and oxygen atoms in total. The van der Waals surface area contributed by atoms with Crippen molar-refractivity contribution in [2.75, 3.05) is 19.6 Å². The van der Waals surface area contributed by atoms with E-state index in [2.05, 4.69) is 36.7 Å². The van der Waals surface area contributed by atoms with Gasteiger partial charge in [0.05, 0.1) is 0 Å². The van der Waals surface area contributed by atoms with E-state index in [1.165, 1.54) is 12.1 Å². The molecule has 0 amide bonds. The maximum atomic E-state index is 12.6. The Kier molecular flexibility index (Phi) is 29.4. The minimum Gasteiger partial charge on any atom is -0.375 e. The summed E-state index contributed by atoms with van der Waals surface area (Å²) in [6, 6.07) is 6.09. The molecular weight excluding hydrogens is 373 g/mol. The van der Waals surface area contributed by atoms with Crippen molar-refractivity contribution in [1.82, 2.24) is 5.32 Å². The van der Waals surface area contributed by atoms with E-state index in [4.69, 9.17) is 23.7 Å². The second-order valence-electron chi connectivity index (χ2n) is 4.25. The fourth-order valence-corrected chi connectivity index (χ4v) is 1.51. The van der Waals surface area contributed by atoms with Gasteiger partial charge in [0.2, 0.25) is 0 Å². The number of hydrogen-bond donors (Lipinski definition) is 3. The first kappa shape index (κ1) is 28.9. The molecule has 0 unspecified atom stereocenters. The first-order valence-electron chi connectivity index (χ1n) is 8.38. The highest BCUT2D eigenvalue weighted by Gasteiger charge is 1.99. The SMILES string of the molecule is CC.CCCN.Fc1ccc(C(=S)NCCC=S)cc1.NCCC=S. The van der Waals surface area contributed by atoms with Gasteiger partial charge in [-0.3, -0.25) is 0 Å². The zero-order valence-corrected chi connectivity index (χ0v) is 17.9. The summed E-state index contributed by atoms with van der Waals surface area (Å²) >= 11 is 14.2. The van der Waals surface area contributed by atoms with Gasteiger partial charge in [0.15, 0.2) is 0 Å². The summed E-state index contributed by atoms with van der Waals surface area (Å²) in [5, 5.41) is 6.32. The van der Waals surface area contributed by atoms with E-state index in [-0.39, 0.29) is 5.82 Å². The van der Waals surface area contributed by atoms with Crippen LogP contribution in [-0.2, 0) is 0 Å². The lowest BCUT2D eigenvalue weighted by atomic mass is 10.2. The van der Waals surface area contributed by atoms with Gasteiger partial charge >= 0.3 is 0 Å². The third-order valence-electron chi connectivity index (χ3n) is 2.23. The van der Waals surface area contributed by atoms with Crippen molar-refractivity contribution in [3.8, 4) is 0 Å². The Morgan fingerprint density at radius 3 is 1.84 bits per heavy atom. The summed E-state index contributed by atoms with van der Waals surface area (Å²) in [6.45, 7) is 8.28. The number of halogens is 1. The van der Waals surface area contributed by atoms with Crippen LogP contribution in [0.15, 0.2) is 24.3 Å². The van der Waals surface area contributed by atoms with Crippen molar-refractivity contribution in [3.05, 3.63) is 35.6 Å². The average molecular weight is 406 g/mol. The molecule has 0 aliphatic heterocycles. The molecule has 0 aliphatic carbocycles. The third kappa shape index (κ3) is 23.1. The molecule has 0 aromatic heterocycles. The Labute approximate surface area is 168 Å². The Balaban J connectivity index is -0.000000365. The lowest BCUT2D eigenvalue weighted by Gasteiger charge is -2.05. The van der Waals surface area contributed by atoms with Gasteiger partial charge in [-0.25, -0.2) is 4.39 Å². The summed E-state index contributed by atoms with van der Waals surface area (Å²) in [7, 11) is 0. The Morgan fingerprint density at radius 1 is 1.04 bits per heavy atom. The second-order valence-corrected chi connectivity index (χ2v) is 5.33. The van der Waals surface area contributed by atoms with Gasteiger partial charge in [-0.1, -0.05) is 57.4 Å². The first-order chi connectivity index (χ1) is 12.1. The molecule has 0 fully saturated rings. The summed E-state index contributed by atoms with van der Waals surface area (Å²) in [5.41, 5.74) is 10.9. The van der Waals surface area contributed by atoms with Crippen LogP contribution in [0.5, 0.6) is 0 Å². The molecule has 0 radical (unpaired) electrons. The van der Waals surface area contributed by atoms with Crippen molar-refractivity contribution in [1.29, 1.82) is 0 Å². The van der Waals surface area contributed by atoms with Crippen LogP contribution in [0.1, 0.15) is 45.6 Å². The highest BCUT2D eigenvalue weighted by atomic mass is 32.1. The normalized spacial score (nSPS) is 8.24. The van der Waals surface area contributed by atoms with Crippen LogP contribution in [0.3, 0.4) is 0 Å². The number of benzene rings is 1. The highest BCUT2D eigenvalue weighted by Crippen LogP contribution is 2.03. The molecule has 7 heteroatoms. The molecule has 25 heavy (non-hydrogen) atoms. The van der Waals surface area contributed by atoms with Gasteiger partial charge in [0.1, 0.15) is 10.8 Å². The van der Waals surface area contributed by atoms with Crippen molar-refractivity contribution in [3.63, 3.8) is 0 Å². The molecule has 5 N–H and O–H groups in total. The van der Waals surface area contributed by atoms with Crippen molar-refractivity contribution in [2.24, 2.45) is 11.5 Å². The summed E-state index contributed by atoms with van der Waals surface area (Å²) in [4.78, 5) is 0.627. The van der Waals surface area contributed by atoms with Crippen LogP contribution in [-0.4, -0.2) is 35.4 Å². The Hall–Kier alpha value is -0.860. The molecule has 0 aliphatic rings. The molecule has 0 heterocycles. The monoisotopic (exact) mass is 405 g/mol. The largest absolute Gasteiger partial charge is 0.375 e. The van der Waals surface area contributed by atoms with E-state index in [0.717, 1.165) is 37.9 Å². The maximum absolute atomic E-state index is 12.6. The predicted octanol–water partition coefficient (Wildman–Crippen LogP) is 4.20. The second kappa shape index (κ2) is 25.4. The van der Waals surface area contributed by atoms with E-state index in [0.29, 0.717) is 11.5 Å². The molecule has 1 aromatic rings. The number of hydrogen-bond acceptors (Lipinski definition) is 5. The molecule has 1 aromatic carbocycles. The zero-order chi connectivity index (χ0) is 19.9. The molecule has 0 saturated heterocycles. The molecule has 0 spiro atoms. The average Bonchev–Trinajstić information content (AvgIpc) is 2.65. The van der Waals surface area contributed by atoms with Crippen LogP contribution in [0.4, 0.5) is 4.39 Å². The van der Waals surface area contributed by atoms with Crippen molar-refractivity contribution >= 4 is 52.4 Å². The summed E-state index contributed by atoms with van der Waals surface area (Å²) in [5.74, 6) is -0.254. The molecule has 0 saturated carbocycles. The quantitative estimate of drug-likeness (QED) is 0.467. The number of rotatable bonds is 7. The van der Waals surface area contributed by atoms with Crippen LogP contribution >= 0.6 is 36.7 Å². The Morgan fingerprint density at radius 2 is 1.52 bits per heavy atom. The maximum Gasteiger partial charge on any atom is 0.123 e. The number of thiocarbonyl (C=S) groups is 3. The van der Waals surface area contributed by atoms with Gasteiger partial charge in [-0.15, -0.1) is 0 Å². The smallest absolute Gasteiger partial charge is 0.123 e. The summed E-state index contributed by atoms with van der Waals surface area (Å²) < 4.78 is 12.6. The fraction of sp³-hybridized carbons (Fsp3) is 0.500. The summed E-state index contributed by atoms with van der Waals surface area (Å²) in [6.07, 6.45) is 2.74. The van der Waals surface area contributed by atoms with Gasteiger partial charge in [0.25, 0.3) is 0 Å². The van der Waals surface area contributed by atoms with Gasteiger partial charge in [-0.05, 0) is 67.4 Å². The van der Waals surface area contributed by atoms with E-state index in [1.807, 2.05) is 13.8 Å². The lowest BCUT2D eigenvalue weighted by Crippen LogP contribution is -2.23. The third-order valence-corrected chi connectivity index (χ3v) is 3.08. The molecule has 0 atom stereocenters. The molecule has 144 valence electrons. The minimum atomic E-state index is -0.254. The number of nitrogens with two attached hydrogens (primary N) is 2. The molecule has 0 bridgehead atoms. The topological polar surface area (TPSA) is 64.1 Å². The van der Waals surface area contributed by atoms with Crippen molar-refractivity contribution < 1.29 is 4.39 Å². The van der Waals surface area contributed by atoms with Gasteiger partial charge < -0.3 is 16.8 Å². The zero-order valence-electron chi connectivity index (χ0n) is 15.5. The highest BCUT2D eigenvalue weighted by molar-refractivity contribution is 7.80. The minimum absolute atomic E-state index is 0.254. The van der Waals surface area contributed by atoms with Crippen molar-refractivity contribution in [2.45, 2.75) is 40.0 Å². The van der Waals surface area contributed by atoms with E-state index in [9.17, 15) is 4.39 Å². The Bertz CT molecular complexity index is 424. The first-order valence-corrected chi connectivity index (χ1v) is 9.73. The fourth-order valence-electron chi connectivity index (χ4n) is 1.02. The van der Waals surface area contributed by atoms with Gasteiger partial charge in [-0.2, -0.15) is 0 Å². The van der Waals surface area contributed by atoms with Crippen LogP contribution in [0.2, 0.25) is 0 Å². The molecular formula is C18H32FN3S3. The van der Waals surface area contributed by atoms with E-state index < -0.39 is 0 Å². The predicted molar refractivity (Wildman–Crippen MR) is 122 cm³/mol. The van der Waals surface area contributed by atoms with E-state index in [1.54, 1.807) is 22.9 Å². The van der Waals surface area contributed by atoms with Crippen LogP contribution in [0.25, 0.3) is 0 Å². The van der Waals surface area contributed by atoms with Crippen LogP contribution < -0.4 is 16.8 Å².